The number of hydrogen-bond donors (Lipinski definition) is 3. The Labute approximate surface area is 182 Å². The second-order valence-electron chi connectivity index (χ2n) is 7.43. The number of rotatable bonds is 7. The summed E-state index contributed by atoms with van der Waals surface area (Å²) in [5, 5.41) is 8.83. The van der Waals surface area contributed by atoms with Gasteiger partial charge < -0.3 is 10.1 Å². The Kier molecular flexibility index (Phi) is 5.85. The molecule has 0 fully saturated rings. The number of aromatic nitrogens is 4. The van der Waals surface area contributed by atoms with Crippen LogP contribution in [0.5, 0.6) is 0 Å². The Morgan fingerprint density at radius 2 is 1.91 bits per heavy atom. The number of benzene rings is 2. The molecule has 32 heavy (non-hydrogen) atoms. The molecule has 162 valence electrons. The zero-order chi connectivity index (χ0) is 22.7. The number of aromatic amines is 2. The van der Waals surface area contributed by atoms with Crippen molar-refractivity contribution in [2.24, 2.45) is 0 Å². The summed E-state index contributed by atoms with van der Waals surface area (Å²) in [5.74, 6) is -0.639. The van der Waals surface area contributed by atoms with Crippen molar-refractivity contribution in [3.63, 3.8) is 0 Å². The lowest BCUT2D eigenvalue weighted by Gasteiger charge is -2.18. The monoisotopic (exact) mass is 430 g/mol. The van der Waals surface area contributed by atoms with Crippen LogP contribution in [0.25, 0.3) is 28.6 Å². The van der Waals surface area contributed by atoms with Crippen LogP contribution in [0.3, 0.4) is 0 Å². The van der Waals surface area contributed by atoms with Crippen LogP contribution in [-0.4, -0.2) is 30.6 Å². The molecular formula is C24H22N4O4. The molecule has 1 atom stereocenters. The predicted molar refractivity (Wildman–Crippen MR) is 123 cm³/mol. The van der Waals surface area contributed by atoms with E-state index < -0.39 is 23.3 Å². The molecular weight excluding hydrogens is 408 g/mol. The number of fused-ring (bicyclic) bond motifs is 1. The summed E-state index contributed by atoms with van der Waals surface area (Å²) < 4.78 is 1.23. The second kappa shape index (κ2) is 8.89. The quantitative estimate of drug-likeness (QED) is 0.387. The van der Waals surface area contributed by atoms with E-state index in [4.69, 9.17) is 5.11 Å². The molecule has 0 saturated carbocycles. The Bertz CT molecular complexity index is 1410. The average Bonchev–Trinajstić information content (AvgIpc) is 3.22. The van der Waals surface area contributed by atoms with E-state index in [1.165, 1.54) is 10.6 Å². The van der Waals surface area contributed by atoms with Gasteiger partial charge in [-0.25, -0.2) is 14.6 Å². The van der Waals surface area contributed by atoms with Crippen molar-refractivity contribution < 1.29 is 9.90 Å². The molecule has 0 aliphatic rings. The highest BCUT2D eigenvalue weighted by Crippen LogP contribution is 2.22. The van der Waals surface area contributed by atoms with Gasteiger partial charge in [0.1, 0.15) is 11.5 Å². The minimum absolute atomic E-state index is 0.142. The van der Waals surface area contributed by atoms with Gasteiger partial charge in [0.15, 0.2) is 5.52 Å². The van der Waals surface area contributed by atoms with Gasteiger partial charge in [0.05, 0.1) is 6.04 Å². The normalized spacial score (nSPS) is 12.4. The number of nitrogens with one attached hydrogen (secondary N) is 2. The second-order valence-corrected chi connectivity index (χ2v) is 7.43. The van der Waals surface area contributed by atoms with E-state index in [9.17, 15) is 14.4 Å². The molecule has 3 N–H and O–H groups in total. The zero-order valence-corrected chi connectivity index (χ0v) is 17.4. The first-order valence-corrected chi connectivity index (χ1v) is 10.3. The van der Waals surface area contributed by atoms with Gasteiger partial charge in [0.25, 0.3) is 5.56 Å². The molecule has 0 radical (unpaired) electrons. The number of aliphatic carboxylic acids is 1. The van der Waals surface area contributed by atoms with Gasteiger partial charge in [-0.05, 0) is 29.7 Å². The summed E-state index contributed by atoms with van der Waals surface area (Å²) in [6, 6.07) is 16.1. The summed E-state index contributed by atoms with van der Waals surface area (Å²) in [5.41, 5.74) is 1.64. The van der Waals surface area contributed by atoms with Gasteiger partial charge >= 0.3 is 11.7 Å². The molecule has 8 nitrogen and oxygen atoms in total. The highest BCUT2D eigenvalue weighted by atomic mass is 16.4. The number of imidazole rings is 1. The Balaban J connectivity index is 1.82. The summed E-state index contributed by atoms with van der Waals surface area (Å²) in [6.45, 7) is 2.01. The van der Waals surface area contributed by atoms with Crippen LogP contribution < -0.4 is 11.2 Å². The Morgan fingerprint density at radius 1 is 1.12 bits per heavy atom. The smallest absolute Gasteiger partial charge is 0.330 e. The van der Waals surface area contributed by atoms with E-state index in [1.54, 1.807) is 24.3 Å². The summed E-state index contributed by atoms with van der Waals surface area (Å²) in [4.78, 5) is 47.2. The van der Waals surface area contributed by atoms with Crippen LogP contribution in [0.15, 0.2) is 70.3 Å². The van der Waals surface area contributed by atoms with Crippen molar-refractivity contribution in [3.05, 3.63) is 92.6 Å². The van der Waals surface area contributed by atoms with E-state index in [-0.39, 0.29) is 11.2 Å². The lowest BCUT2D eigenvalue weighted by atomic mass is 10.0. The molecule has 2 aromatic heterocycles. The number of hydrogen-bond acceptors (Lipinski definition) is 4. The highest BCUT2D eigenvalue weighted by molar-refractivity contribution is 5.85. The van der Waals surface area contributed by atoms with Crippen LogP contribution in [0, 0.1) is 0 Å². The first kappa shape index (κ1) is 21.0. The first-order chi connectivity index (χ1) is 15.5. The van der Waals surface area contributed by atoms with Crippen molar-refractivity contribution >= 4 is 23.2 Å². The van der Waals surface area contributed by atoms with Crippen molar-refractivity contribution in [3.8, 4) is 11.4 Å². The highest BCUT2D eigenvalue weighted by Gasteiger charge is 2.21. The van der Waals surface area contributed by atoms with Gasteiger partial charge in [-0.2, -0.15) is 0 Å². The summed E-state index contributed by atoms with van der Waals surface area (Å²) in [6.07, 6.45) is 3.95. The molecule has 2 aromatic carbocycles. The molecule has 0 amide bonds. The average molecular weight is 430 g/mol. The Morgan fingerprint density at radius 3 is 2.62 bits per heavy atom. The van der Waals surface area contributed by atoms with E-state index in [0.29, 0.717) is 23.4 Å². The maximum Gasteiger partial charge on any atom is 0.330 e. The van der Waals surface area contributed by atoms with Crippen LogP contribution in [0.1, 0.15) is 36.9 Å². The lowest BCUT2D eigenvalue weighted by molar-refractivity contribution is -0.131. The van der Waals surface area contributed by atoms with Crippen molar-refractivity contribution in [1.29, 1.82) is 0 Å². The maximum atomic E-state index is 13.3. The van der Waals surface area contributed by atoms with Gasteiger partial charge in [0, 0.05) is 11.6 Å². The number of carbonyl (C=O) groups is 1. The van der Waals surface area contributed by atoms with Crippen LogP contribution >= 0.6 is 0 Å². The van der Waals surface area contributed by atoms with Crippen LogP contribution in [0.2, 0.25) is 0 Å². The SMILES string of the molecule is CCCC(c1ccccc1)n1c(=O)[nH]c2[nH]c(-c3cccc(C=CC(=O)O)c3)nc2c1=O. The molecule has 4 aromatic rings. The van der Waals surface area contributed by atoms with Gasteiger partial charge in [0.2, 0.25) is 0 Å². The minimum Gasteiger partial charge on any atom is -0.478 e. The Hall–Kier alpha value is -4.20. The van der Waals surface area contributed by atoms with Gasteiger partial charge in [-0.1, -0.05) is 61.9 Å². The fourth-order valence-electron chi connectivity index (χ4n) is 3.76. The first-order valence-electron chi connectivity index (χ1n) is 10.3. The molecule has 1 unspecified atom stereocenters. The van der Waals surface area contributed by atoms with E-state index in [2.05, 4.69) is 15.0 Å². The minimum atomic E-state index is -1.04. The molecule has 0 bridgehead atoms. The summed E-state index contributed by atoms with van der Waals surface area (Å²) in [7, 11) is 0. The molecule has 0 spiro atoms. The third-order valence-electron chi connectivity index (χ3n) is 5.21. The molecule has 2 heterocycles. The van der Waals surface area contributed by atoms with E-state index in [1.807, 2.05) is 37.3 Å². The molecule has 8 heteroatoms. The van der Waals surface area contributed by atoms with Crippen molar-refractivity contribution in [1.82, 2.24) is 19.5 Å². The molecule has 0 aliphatic heterocycles. The standard InChI is InChI=1S/C24H22N4O4/c1-2-7-18(16-9-4-3-5-10-16)28-23(31)20-22(27-24(28)32)26-21(25-20)17-11-6-8-15(14-17)12-13-19(29)30/h3-6,8-14,18H,2,7H2,1H3,(H,25,26)(H,27,32)(H,29,30). The van der Waals surface area contributed by atoms with Gasteiger partial charge in [-0.3, -0.25) is 14.3 Å². The fraction of sp³-hybridized carbons (Fsp3) is 0.167. The van der Waals surface area contributed by atoms with Gasteiger partial charge in [-0.15, -0.1) is 0 Å². The number of carboxylic acid groups (broad SMARTS) is 1. The maximum absolute atomic E-state index is 13.3. The predicted octanol–water partition coefficient (Wildman–Crippen LogP) is 3.57. The number of nitrogens with zero attached hydrogens (tertiary/aromatic N) is 2. The molecule has 4 rings (SSSR count). The van der Waals surface area contributed by atoms with E-state index >= 15 is 0 Å². The van der Waals surface area contributed by atoms with Crippen LogP contribution in [-0.2, 0) is 4.79 Å². The fourth-order valence-corrected chi connectivity index (χ4v) is 3.76. The number of carboxylic acids is 1. The largest absolute Gasteiger partial charge is 0.478 e. The molecule has 0 aliphatic carbocycles. The third kappa shape index (κ3) is 4.15. The summed E-state index contributed by atoms with van der Waals surface area (Å²) >= 11 is 0. The topological polar surface area (TPSA) is 121 Å². The van der Waals surface area contributed by atoms with Crippen molar-refractivity contribution in [2.45, 2.75) is 25.8 Å². The van der Waals surface area contributed by atoms with E-state index in [0.717, 1.165) is 18.1 Å². The lowest BCUT2D eigenvalue weighted by Crippen LogP contribution is -2.38. The third-order valence-corrected chi connectivity index (χ3v) is 5.21. The van der Waals surface area contributed by atoms with Crippen LogP contribution in [0.4, 0.5) is 0 Å². The molecule has 0 saturated heterocycles. The number of H-pyrrole nitrogens is 2. The zero-order valence-electron chi connectivity index (χ0n) is 17.4. The van der Waals surface area contributed by atoms with Crippen molar-refractivity contribution in [2.75, 3.05) is 0 Å².